The molecule has 0 spiro atoms. The van der Waals surface area contributed by atoms with Crippen LogP contribution in [-0.4, -0.2) is 63.3 Å². The number of Topliss-reactive ketones (excluding diaryl/α,β-unsaturated/α-hetero) is 1. The molecule has 3 amide bonds. The fourth-order valence-corrected chi connectivity index (χ4v) is 5.28. The number of anilines is 3. The second kappa shape index (κ2) is 13.3. The van der Waals surface area contributed by atoms with Gasteiger partial charge in [-0.3, -0.25) is 24.1 Å². The summed E-state index contributed by atoms with van der Waals surface area (Å²) in [6.07, 6.45) is 0. The lowest BCUT2D eigenvalue weighted by molar-refractivity contribution is -0.139. The van der Waals surface area contributed by atoms with Crippen LogP contribution in [0.25, 0.3) is 0 Å². The van der Waals surface area contributed by atoms with Crippen molar-refractivity contribution in [3.63, 3.8) is 0 Å². The zero-order valence-electron chi connectivity index (χ0n) is 25.5. The van der Waals surface area contributed by atoms with E-state index in [1.807, 2.05) is 61.5 Å². The molecule has 45 heavy (non-hydrogen) atoms. The van der Waals surface area contributed by atoms with Crippen molar-refractivity contribution in [3.8, 4) is 11.5 Å². The number of ketones is 1. The number of methoxy groups -OCH3 is 2. The van der Waals surface area contributed by atoms with Crippen LogP contribution >= 0.6 is 0 Å². The van der Waals surface area contributed by atoms with Gasteiger partial charge >= 0.3 is 0 Å². The molecule has 5 rings (SSSR count). The van der Waals surface area contributed by atoms with Crippen LogP contribution in [0.15, 0.2) is 97.1 Å². The Balaban J connectivity index is 1.57. The summed E-state index contributed by atoms with van der Waals surface area (Å²) in [6, 6.07) is 27.0. The number of nitrogens with zero attached hydrogens (tertiary/aromatic N) is 3. The van der Waals surface area contributed by atoms with Gasteiger partial charge in [-0.05, 0) is 59.7 Å². The minimum Gasteiger partial charge on any atom is -0.493 e. The third kappa shape index (κ3) is 6.50. The van der Waals surface area contributed by atoms with Gasteiger partial charge in [-0.2, -0.15) is 0 Å². The molecule has 1 unspecified atom stereocenters. The normalized spacial score (nSPS) is 12.8. The van der Waals surface area contributed by atoms with Gasteiger partial charge in [0.25, 0.3) is 17.6 Å². The van der Waals surface area contributed by atoms with Crippen molar-refractivity contribution in [3.05, 3.63) is 114 Å². The highest BCUT2D eigenvalue weighted by Crippen LogP contribution is 2.35. The van der Waals surface area contributed by atoms with Crippen LogP contribution in [0.1, 0.15) is 27.5 Å². The summed E-state index contributed by atoms with van der Waals surface area (Å²) in [5.41, 5.74) is 3.31. The third-order valence-corrected chi connectivity index (χ3v) is 7.62. The van der Waals surface area contributed by atoms with E-state index in [9.17, 15) is 19.2 Å². The molecule has 0 saturated carbocycles. The summed E-state index contributed by atoms with van der Waals surface area (Å²) in [5.74, 6) is -1.65. The van der Waals surface area contributed by atoms with Crippen molar-refractivity contribution >= 4 is 40.6 Å². The van der Waals surface area contributed by atoms with Gasteiger partial charge < -0.3 is 24.6 Å². The zero-order valence-corrected chi connectivity index (χ0v) is 25.5. The Morgan fingerprint density at radius 1 is 0.822 bits per heavy atom. The van der Waals surface area contributed by atoms with Crippen molar-refractivity contribution in [1.29, 1.82) is 0 Å². The molecule has 0 saturated heterocycles. The van der Waals surface area contributed by atoms with Crippen LogP contribution in [0.4, 0.5) is 17.1 Å². The average Bonchev–Trinajstić information content (AvgIpc) is 3.29. The van der Waals surface area contributed by atoms with Crippen LogP contribution in [0.3, 0.4) is 0 Å². The summed E-state index contributed by atoms with van der Waals surface area (Å²) < 4.78 is 11.0. The molecule has 0 radical (unpaired) electrons. The quantitative estimate of drug-likeness (QED) is 0.247. The van der Waals surface area contributed by atoms with E-state index in [2.05, 4.69) is 5.32 Å². The van der Waals surface area contributed by atoms with Gasteiger partial charge in [-0.1, -0.05) is 48.5 Å². The SMILES string of the molecule is COc1ccc(C(C(=O)Nc2ccc(N(C)C)cc2)N(Cc2ccccc2)C(=O)CN2C(=O)C(=O)c3ccccc32)cc1OC. The fraction of sp³-hybridized carbons (Fsp3) is 0.200. The highest BCUT2D eigenvalue weighted by atomic mass is 16.5. The Morgan fingerprint density at radius 3 is 2.16 bits per heavy atom. The highest BCUT2D eigenvalue weighted by molar-refractivity contribution is 6.52. The molecule has 10 heteroatoms. The van der Waals surface area contributed by atoms with Gasteiger partial charge in [0.1, 0.15) is 12.6 Å². The smallest absolute Gasteiger partial charge is 0.299 e. The minimum absolute atomic E-state index is 0.0449. The Labute approximate surface area is 261 Å². The first-order valence-electron chi connectivity index (χ1n) is 14.3. The van der Waals surface area contributed by atoms with Gasteiger partial charge in [0.05, 0.1) is 25.5 Å². The Morgan fingerprint density at radius 2 is 1.49 bits per heavy atom. The standard InChI is InChI=1S/C35H34N4O6/c1-37(2)26-17-15-25(16-18-26)36-34(42)32(24-14-19-29(44-3)30(20-24)45-4)39(21-23-10-6-5-7-11-23)31(40)22-38-28-13-9-8-12-27(28)33(41)35(38)43/h5-20,32H,21-22H2,1-4H3,(H,36,42). The molecule has 0 aliphatic carbocycles. The van der Waals surface area contributed by atoms with Crippen LogP contribution in [0.5, 0.6) is 11.5 Å². The maximum Gasteiger partial charge on any atom is 0.299 e. The van der Waals surface area contributed by atoms with Crippen LogP contribution in [0, 0.1) is 0 Å². The van der Waals surface area contributed by atoms with E-state index >= 15 is 0 Å². The Hall–Kier alpha value is -5.64. The predicted octanol–water partition coefficient (Wildman–Crippen LogP) is 4.71. The lowest BCUT2D eigenvalue weighted by atomic mass is 10.0. The third-order valence-electron chi connectivity index (χ3n) is 7.62. The minimum atomic E-state index is -1.16. The second-order valence-corrected chi connectivity index (χ2v) is 10.7. The predicted molar refractivity (Wildman–Crippen MR) is 172 cm³/mol. The number of hydrogen-bond donors (Lipinski definition) is 1. The average molecular weight is 607 g/mol. The number of amides is 3. The summed E-state index contributed by atoms with van der Waals surface area (Å²) in [6.45, 7) is -0.397. The maximum atomic E-state index is 14.3. The molecule has 230 valence electrons. The summed E-state index contributed by atoms with van der Waals surface area (Å²) in [4.78, 5) is 58.8. The van der Waals surface area contributed by atoms with Crippen molar-refractivity contribution in [1.82, 2.24) is 4.90 Å². The van der Waals surface area contributed by atoms with Gasteiger partial charge in [0, 0.05) is 32.0 Å². The molecule has 0 aromatic heterocycles. The molecule has 10 nitrogen and oxygen atoms in total. The van der Waals surface area contributed by atoms with E-state index < -0.39 is 36.1 Å². The molecule has 1 heterocycles. The van der Waals surface area contributed by atoms with E-state index in [-0.39, 0.29) is 12.1 Å². The molecule has 1 aliphatic rings. The van der Waals surface area contributed by atoms with Gasteiger partial charge in [-0.25, -0.2) is 0 Å². The number of fused-ring (bicyclic) bond motifs is 1. The number of para-hydroxylation sites is 1. The van der Waals surface area contributed by atoms with Crippen molar-refractivity contribution < 1.29 is 28.7 Å². The topological polar surface area (TPSA) is 108 Å². The first-order chi connectivity index (χ1) is 21.7. The molecular weight excluding hydrogens is 572 g/mol. The second-order valence-electron chi connectivity index (χ2n) is 10.7. The van der Waals surface area contributed by atoms with Gasteiger partial charge in [0.2, 0.25) is 5.91 Å². The molecule has 0 fully saturated rings. The zero-order chi connectivity index (χ0) is 32.1. The lowest BCUT2D eigenvalue weighted by Crippen LogP contribution is -2.46. The molecule has 4 aromatic rings. The largest absolute Gasteiger partial charge is 0.493 e. The molecule has 1 atom stereocenters. The van der Waals surface area contributed by atoms with Crippen LogP contribution < -0.4 is 24.6 Å². The van der Waals surface area contributed by atoms with Crippen molar-refractivity contribution in [2.45, 2.75) is 12.6 Å². The summed E-state index contributed by atoms with van der Waals surface area (Å²) >= 11 is 0. The molecule has 4 aromatic carbocycles. The number of ether oxygens (including phenoxy) is 2. The number of carbonyl (C=O) groups excluding carboxylic acids is 4. The first-order valence-corrected chi connectivity index (χ1v) is 14.3. The molecule has 0 bridgehead atoms. The lowest BCUT2D eigenvalue weighted by Gasteiger charge is -2.33. The van der Waals surface area contributed by atoms with Gasteiger partial charge in [-0.15, -0.1) is 0 Å². The Kier molecular flexibility index (Phi) is 9.13. The first kappa shape index (κ1) is 30.8. The fourth-order valence-electron chi connectivity index (χ4n) is 5.28. The number of hydrogen-bond acceptors (Lipinski definition) is 7. The van der Waals surface area contributed by atoms with E-state index in [4.69, 9.17) is 9.47 Å². The van der Waals surface area contributed by atoms with E-state index in [0.29, 0.717) is 28.4 Å². The molecule has 1 aliphatic heterocycles. The number of nitrogens with one attached hydrogen (secondary N) is 1. The van der Waals surface area contributed by atoms with Crippen LogP contribution in [0.2, 0.25) is 0 Å². The Bertz CT molecular complexity index is 1720. The van der Waals surface area contributed by atoms with Crippen molar-refractivity contribution in [2.75, 3.05) is 50.0 Å². The van der Waals surface area contributed by atoms with E-state index in [1.165, 1.54) is 24.0 Å². The number of carbonyl (C=O) groups is 4. The van der Waals surface area contributed by atoms with Crippen LogP contribution in [-0.2, 0) is 20.9 Å². The van der Waals surface area contributed by atoms with E-state index in [1.54, 1.807) is 54.6 Å². The number of benzene rings is 4. The van der Waals surface area contributed by atoms with E-state index in [0.717, 1.165) is 11.3 Å². The molecule has 1 N–H and O–H groups in total. The van der Waals surface area contributed by atoms with Gasteiger partial charge in [0.15, 0.2) is 11.5 Å². The summed E-state index contributed by atoms with van der Waals surface area (Å²) in [5, 5.41) is 2.96. The molecular formula is C35H34N4O6. The van der Waals surface area contributed by atoms with Crippen molar-refractivity contribution in [2.24, 2.45) is 0 Å². The summed E-state index contributed by atoms with van der Waals surface area (Å²) in [7, 11) is 6.84. The maximum absolute atomic E-state index is 14.3. The highest BCUT2D eigenvalue weighted by Gasteiger charge is 2.39. The monoisotopic (exact) mass is 606 g/mol. The number of rotatable bonds is 11.